The number of hydrogen-bond donors (Lipinski definition) is 1. The minimum Gasteiger partial charge on any atom is -0.493 e. The van der Waals surface area contributed by atoms with Crippen LogP contribution in [0.25, 0.3) is 10.9 Å². The molecule has 5 heteroatoms. The van der Waals surface area contributed by atoms with E-state index in [0.29, 0.717) is 34.6 Å². The highest BCUT2D eigenvalue weighted by molar-refractivity contribution is 5.86. The fraction of sp³-hybridized carbons (Fsp3) is 0.429. The summed E-state index contributed by atoms with van der Waals surface area (Å²) in [6.45, 7) is 5.80. The third kappa shape index (κ3) is 1.77. The lowest BCUT2D eigenvalue weighted by molar-refractivity contribution is 0.134. The van der Waals surface area contributed by atoms with E-state index in [2.05, 4.69) is 9.97 Å². The van der Waals surface area contributed by atoms with Crippen LogP contribution in [0.3, 0.4) is 0 Å². The number of aryl methyl sites for hydroxylation is 1. The molecule has 0 amide bonds. The van der Waals surface area contributed by atoms with Gasteiger partial charge in [0.1, 0.15) is 11.4 Å². The van der Waals surface area contributed by atoms with Gasteiger partial charge in [-0.2, -0.15) is 0 Å². The molecule has 2 aromatic rings. The van der Waals surface area contributed by atoms with Crippen LogP contribution in [0.2, 0.25) is 0 Å². The van der Waals surface area contributed by atoms with Crippen LogP contribution in [0, 0.1) is 6.92 Å². The number of nitrogens with zero attached hydrogens (tertiary/aromatic N) is 1. The van der Waals surface area contributed by atoms with Crippen molar-refractivity contribution in [2.24, 2.45) is 0 Å². The average Bonchev–Trinajstić information content (AvgIpc) is 2.64. The summed E-state index contributed by atoms with van der Waals surface area (Å²) in [5, 5.41) is 0.544. The Morgan fingerprint density at radius 1 is 1.47 bits per heavy atom. The molecule has 1 N–H and O–H groups in total. The molecule has 0 unspecified atom stereocenters. The predicted molar refractivity (Wildman–Crippen MR) is 72.1 cm³/mol. The van der Waals surface area contributed by atoms with E-state index in [-0.39, 0.29) is 11.2 Å². The van der Waals surface area contributed by atoms with Crippen LogP contribution in [0.5, 0.6) is 11.5 Å². The molecular weight excluding hydrogens is 244 g/mol. The molecule has 2 heterocycles. The zero-order valence-corrected chi connectivity index (χ0v) is 11.5. The molecule has 0 saturated heterocycles. The molecule has 0 saturated carbocycles. The lowest BCUT2D eigenvalue weighted by Gasteiger charge is -2.17. The topological polar surface area (TPSA) is 64.2 Å². The van der Waals surface area contributed by atoms with Crippen LogP contribution in [-0.4, -0.2) is 22.7 Å². The number of methoxy groups -OCH3 is 1. The zero-order valence-electron chi connectivity index (χ0n) is 11.5. The van der Waals surface area contributed by atoms with E-state index in [4.69, 9.17) is 9.47 Å². The van der Waals surface area contributed by atoms with Crippen molar-refractivity contribution in [1.29, 1.82) is 0 Å². The Morgan fingerprint density at radius 3 is 2.89 bits per heavy atom. The van der Waals surface area contributed by atoms with E-state index >= 15 is 0 Å². The smallest absolute Gasteiger partial charge is 0.258 e. The first-order valence-corrected chi connectivity index (χ1v) is 6.21. The van der Waals surface area contributed by atoms with Crippen molar-refractivity contribution in [2.45, 2.75) is 32.8 Å². The Morgan fingerprint density at radius 2 is 2.21 bits per heavy atom. The Bertz CT molecular complexity index is 732. The third-order valence-corrected chi connectivity index (χ3v) is 3.33. The van der Waals surface area contributed by atoms with Gasteiger partial charge in [0.05, 0.1) is 18.0 Å². The quantitative estimate of drug-likeness (QED) is 0.851. The molecule has 0 spiro atoms. The highest BCUT2D eigenvalue weighted by Gasteiger charge is 2.35. The third-order valence-electron chi connectivity index (χ3n) is 3.33. The number of benzene rings is 1. The van der Waals surface area contributed by atoms with E-state index < -0.39 is 0 Å². The van der Waals surface area contributed by atoms with Crippen LogP contribution in [0.15, 0.2) is 10.9 Å². The lowest BCUT2D eigenvalue weighted by atomic mass is 9.99. The Labute approximate surface area is 110 Å². The van der Waals surface area contributed by atoms with Gasteiger partial charge in [0, 0.05) is 12.0 Å². The van der Waals surface area contributed by atoms with Gasteiger partial charge in [-0.1, -0.05) is 0 Å². The van der Waals surface area contributed by atoms with Crippen molar-refractivity contribution < 1.29 is 9.47 Å². The number of nitrogens with one attached hydrogen (secondary N) is 1. The standard InChI is InChI=1S/C14H16N2O3/c1-7-15-11-8(13(17)16-7)5-10(18-4)12-9(11)6-14(2,3)19-12/h5H,6H2,1-4H3,(H,15,16,17). The molecular formula is C14H16N2O3. The van der Waals surface area contributed by atoms with Gasteiger partial charge in [0.15, 0.2) is 11.5 Å². The summed E-state index contributed by atoms with van der Waals surface area (Å²) in [4.78, 5) is 19.2. The van der Waals surface area contributed by atoms with Gasteiger partial charge < -0.3 is 14.5 Å². The zero-order chi connectivity index (χ0) is 13.8. The van der Waals surface area contributed by atoms with Crippen molar-refractivity contribution in [2.75, 3.05) is 7.11 Å². The van der Waals surface area contributed by atoms with Gasteiger partial charge >= 0.3 is 0 Å². The largest absolute Gasteiger partial charge is 0.493 e. The summed E-state index contributed by atoms with van der Waals surface area (Å²) in [6, 6.07) is 1.70. The van der Waals surface area contributed by atoms with Crippen LogP contribution in [0.4, 0.5) is 0 Å². The van der Waals surface area contributed by atoms with E-state index in [9.17, 15) is 4.79 Å². The van der Waals surface area contributed by atoms with E-state index in [1.54, 1.807) is 20.1 Å². The number of ether oxygens (including phenoxy) is 2. The number of aromatic nitrogens is 2. The van der Waals surface area contributed by atoms with Crippen LogP contribution in [0.1, 0.15) is 25.2 Å². The van der Waals surface area contributed by atoms with Crippen molar-refractivity contribution in [3.8, 4) is 11.5 Å². The summed E-state index contributed by atoms with van der Waals surface area (Å²) in [5.74, 6) is 1.90. The Hall–Kier alpha value is -2.04. The maximum Gasteiger partial charge on any atom is 0.258 e. The fourth-order valence-electron chi connectivity index (χ4n) is 2.58. The minimum absolute atomic E-state index is 0.145. The molecule has 1 aromatic heterocycles. The molecule has 0 aliphatic carbocycles. The summed E-state index contributed by atoms with van der Waals surface area (Å²) in [7, 11) is 1.58. The second kappa shape index (κ2) is 3.73. The van der Waals surface area contributed by atoms with Gasteiger partial charge in [-0.05, 0) is 26.8 Å². The molecule has 1 aliphatic rings. The van der Waals surface area contributed by atoms with E-state index in [1.165, 1.54) is 0 Å². The Balaban J connectivity index is 2.42. The lowest BCUT2D eigenvalue weighted by Crippen LogP contribution is -2.24. The average molecular weight is 260 g/mol. The molecule has 5 nitrogen and oxygen atoms in total. The highest BCUT2D eigenvalue weighted by Crippen LogP contribution is 2.44. The molecule has 0 atom stereocenters. The number of H-pyrrole nitrogens is 1. The predicted octanol–water partition coefficient (Wildman–Crippen LogP) is 1.95. The van der Waals surface area contributed by atoms with Crippen molar-refractivity contribution in [3.63, 3.8) is 0 Å². The van der Waals surface area contributed by atoms with Crippen molar-refractivity contribution in [3.05, 3.63) is 27.8 Å². The van der Waals surface area contributed by atoms with E-state index in [1.807, 2.05) is 13.8 Å². The molecule has 100 valence electrons. The van der Waals surface area contributed by atoms with Crippen LogP contribution >= 0.6 is 0 Å². The van der Waals surface area contributed by atoms with Gasteiger partial charge in [-0.15, -0.1) is 0 Å². The highest BCUT2D eigenvalue weighted by atomic mass is 16.5. The van der Waals surface area contributed by atoms with E-state index in [0.717, 1.165) is 5.56 Å². The maximum atomic E-state index is 12.0. The summed E-state index contributed by atoms with van der Waals surface area (Å²) < 4.78 is 11.3. The molecule has 1 aromatic carbocycles. The molecule has 19 heavy (non-hydrogen) atoms. The number of fused-ring (bicyclic) bond motifs is 3. The molecule has 3 rings (SSSR count). The van der Waals surface area contributed by atoms with Crippen LogP contribution < -0.4 is 15.0 Å². The first-order valence-electron chi connectivity index (χ1n) is 6.21. The molecule has 1 aliphatic heterocycles. The van der Waals surface area contributed by atoms with Crippen LogP contribution in [-0.2, 0) is 6.42 Å². The Kier molecular flexibility index (Phi) is 2.36. The van der Waals surface area contributed by atoms with Gasteiger partial charge in [-0.3, -0.25) is 4.79 Å². The van der Waals surface area contributed by atoms with Gasteiger partial charge in [0.25, 0.3) is 5.56 Å². The van der Waals surface area contributed by atoms with Gasteiger partial charge in [-0.25, -0.2) is 4.98 Å². The van der Waals surface area contributed by atoms with Crippen molar-refractivity contribution >= 4 is 10.9 Å². The number of rotatable bonds is 1. The monoisotopic (exact) mass is 260 g/mol. The minimum atomic E-state index is -0.303. The first-order chi connectivity index (χ1) is 8.91. The summed E-state index contributed by atoms with van der Waals surface area (Å²) >= 11 is 0. The molecule has 0 radical (unpaired) electrons. The van der Waals surface area contributed by atoms with Crippen molar-refractivity contribution in [1.82, 2.24) is 9.97 Å². The maximum absolute atomic E-state index is 12.0. The second-order valence-corrected chi connectivity index (χ2v) is 5.47. The number of aromatic amines is 1. The molecule has 0 fully saturated rings. The second-order valence-electron chi connectivity index (χ2n) is 5.47. The molecule has 0 bridgehead atoms. The SMILES string of the molecule is COc1cc2c(=O)[nH]c(C)nc2c2c1OC(C)(C)C2. The normalized spacial score (nSPS) is 16.2. The summed E-state index contributed by atoms with van der Waals surface area (Å²) in [6.07, 6.45) is 0.714. The van der Waals surface area contributed by atoms with Gasteiger partial charge in [0.2, 0.25) is 0 Å². The fourth-order valence-corrected chi connectivity index (χ4v) is 2.58. The summed E-state index contributed by atoms with van der Waals surface area (Å²) in [5.41, 5.74) is 1.21. The number of hydrogen-bond acceptors (Lipinski definition) is 4. The first kappa shape index (κ1) is 12.0.